The summed E-state index contributed by atoms with van der Waals surface area (Å²) >= 11 is 1.81. The van der Waals surface area contributed by atoms with Crippen LogP contribution in [0, 0.1) is 0 Å². The fourth-order valence-electron chi connectivity index (χ4n) is 20.2. The molecule has 25 atom stereocenters. The third-order valence-corrected chi connectivity index (χ3v) is 30.3. The topological polar surface area (TPSA) is 563 Å². The van der Waals surface area contributed by atoms with Crippen LogP contribution in [0.15, 0.2) is 224 Å². The van der Waals surface area contributed by atoms with E-state index in [1.807, 2.05) is 131 Å². The summed E-state index contributed by atoms with van der Waals surface area (Å²) in [5.41, 5.74) is 21.8. The Hall–Kier alpha value is -11.2. The predicted molar refractivity (Wildman–Crippen MR) is 549 cm³/mol. The van der Waals surface area contributed by atoms with Crippen molar-refractivity contribution in [2.45, 2.75) is 251 Å². The van der Waals surface area contributed by atoms with Crippen molar-refractivity contribution in [3.63, 3.8) is 0 Å². The number of aromatic amines is 4. The maximum Gasteiger partial charge on any atom is 0.326 e. The molecule has 9 aromatic carbocycles. The first-order valence-corrected chi connectivity index (χ1v) is 50.9. The van der Waals surface area contributed by atoms with Gasteiger partial charge in [-0.3, -0.25) is 4.57 Å². The van der Waals surface area contributed by atoms with E-state index in [0.717, 1.165) is 142 Å². The molecule has 34 nitrogen and oxygen atoms in total. The SMILES string of the molecule is CCc1ccc(Cc2c[nH]c3ccc([C@@H]4O[C@H](CO)[C@@H](O)[C@H](O)[C@H]4O)cc23)s1.CCc1ccc(Cc2cc3c([C@@H]4O[C@H](CO)[C@@H](O)[C@H](O)[C@H]4O)cccc3[nH]2)cc1.CCc1ccc(Cn2c(=O)[nH]c3ccc([C@@H]4O[C@H](CO)[C@@H](O)[C@H](O)[C@H]4O)cc32)cc1.CCc1ccc(Cn2cnc3ccc([C@@H]4O[C@H](CO)[C@@H](O)[C@H](O)[C@H]4O)cc32)cc1.OC[C@H]1O[C@@H](c2ccc3[nH]cc(CCc4ccc5c(c4)CCO5)c3c2)[C@H](O)[C@@H](O)[C@@H]1O. The molecule has 24 N–H and O–H groups in total. The van der Waals surface area contributed by atoms with Crippen LogP contribution in [-0.4, -0.2) is 298 Å². The normalized spacial score (nSPS) is 27.6. The van der Waals surface area contributed by atoms with Crippen LogP contribution in [0.2, 0.25) is 0 Å². The van der Waals surface area contributed by atoms with E-state index in [1.54, 1.807) is 35.2 Å². The molecule has 12 heterocycles. The van der Waals surface area contributed by atoms with Crippen LogP contribution in [0.1, 0.15) is 157 Å². The van der Waals surface area contributed by atoms with Gasteiger partial charge in [-0.1, -0.05) is 149 Å². The highest BCUT2D eigenvalue weighted by Gasteiger charge is 2.50. The summed E-state index contributed by atoms with van der Waals surface area (Å²) in [6.45, 7) is 8.01. The number of hydrogen-bond donors (Lipinski definition) is 24. The van der Waals surface area contributed by atoms with Crippen LogP contribution in [0.3, 0.4) is 0 Å². The zero-order chi connectivity index (χ0) is 104. The van der Waals surface area contributed by atoms with Crippen molar-refractivity contribution in [3.05, 3.63) is 328 Å². The van der Waals surface area contributed by atoms with Crippen molar-refractivity contribution in [1.82, 2.24) is 34.1 Å². The van der Waals surface area contributed by atoms with Gasteiger partial charge in [0.2, 0.25) is 0 Å². The maximum absolute atomic E-state index is 12.5. The second kappa shape index (κ2) is 47.8. The minimum Gasteiger partial charge on any atom is -0.493 e. The van der Waals surface area contributed by atoms with Gasteiger partial charge >= 0.3 is 5.69 Å². The van der Waals surface area contributed by atoms with E-state index in [2.05, 4.69) is 125 Å². The molecule has 5 saturated heterocycles. The smallest absolute Gasteiger partial charge is 0.326 e. The molecule has 782 valence electrons. The number of nitrogens with one attached hydrogen (secondary N) is 4. The van der Waals surface area contributed by atoms with E-state index in [0.29, 0.717) is 51.9 Å². The summed E-state index contributed by atoms with van der Waals surface area (Å²) in [5, 5.41) is 203. The number of aliphatic hydroxyl groups excluding tert-OH is 20. The molecule has 35 heteroatoms. The molecule has 15 aromatic rings. The van der Waals surface area contributed by atoms with Gasteiger partial charge in [-0.15, -0.1) is 11.3 Å². The fraction of sp³-hybridized carbons (Fsp3) is 0.411. The van der Waals surface area contributed by atoms with Gasteiger partial charge in [0.05, 0.1) is 74.6 Å². The Morgan fingerprint density at radius 3 is 1.28 bits per heavy atom. The van der Waals surface area contributed by atoms with Gasteiger partial charge < -0.3 is 155 Å². The van der Waals surface area contributed by atoms with E-state index >= 15 is 0 Å². The van der Waals surface area contributed by atoms with E-state index in [-0.39, 0.29) is 5.69 Å². The molecule has 6 aromatic heterocycles. The van der Waals surface area contributed by atoms with Crippen molar-refractivity contribution in [3.8, 4) is 5.75 Å². The van der Waals surface area contributed by atoms with Crippen LogP contribution < -0.4 is 10.4 Å². The highest BCUT2D eigenvalue weighted by atomic mass is 32.1. The number of aromatic nitrogens is 7. The van der Waals surface area contributed by atoms with Gasteiger partial charge in [-0.05, 0) is 201 Å². The summed E-state index contributed by atoms with van der Waals surface area (Å²) in [6, 6.07) is 65.4. The quantitative estimate of drug-likeness (QED) is 0.0281. The van der Waals surface area contributed by atoms with Gasteiger partial charge in [-0.25, -0.2) is 9.78 Å². The predicted octanol–water partition coefficient (Wildman–Crippen LogP) is 6.75. The molecule has 0 spiro atoms. The first-order chi connectivity index (χ1) is 71.0. The molecule has 0 amide bonds. The molecule has 0 saturated carbocycles. The number of nitrogens with zero attached hydrogens (tertiary/aromatic N) is 3. The molecule has 0 aliphatic carbocycles. The van der Waals surface area contributed by atoms with E-state index in [1.165, 1.54) is 43.1 Å². The number of imidazole rings is 2. The van der Waals surface area contributed by atoms with Gasteiger partial charge in [0.1, 0.15) is 158 Å². The number of hydrogen-bond acceptors (Lipinski definition) is 29. The summed E-state index contributed by atoms with van der Waals surface area (Å²) in [5.74, 6) is 0.986. The second-order valence-electron chi connectivity index (χ2n) is 38.6. The van der Waals surface area contributed by atoms with Crippen LogP contribution in [0.5, 0.6) is 5.75 Å². The molecule has 0 unspecified atom stereocenters. The Labute approximate surface area is 850 Å². The number of fused-ring (bicyclic) bond motifs is 6. The molecule has 0 bridgehead atoms. The van der Waals surface area contributed by atoms with Crippen LogP contribution >= 0.6 is 11.3 Å². The summed E-state index contributed by atoms with van der Waals surface area (Å²) < 4.78 is 37.7. The van der Waals surface area contributed by atoms with E-state index in [4.69, 9.17) is 28.4 Å². The summed E-state index contributed by atoms with van der Waals surface area (Å²) in [7, 11) is 0. The lowest BCUT2D eigenvalue weighted by atomic mass is 9.90. The largest absolute Gasteiger partial charge is 0.493 e. The lowest BCUT2D eigenvalue weighted by molar-refractivity contribution is -0.231. The Kier molecular flexibility index (Phi) is 34.8. The first kappa shape index (κ1) is 107. The molecule has 6 aliphatic heterocycles. The number of rotatable bonds is 25. The summed E-state index contributed by atoms with van der Waals surface area (Å²) in [6.07, 6.45) is -15.4. The van der Waals surface area contributed by atoms with Crippen molar-refractivity contribution in [2.24, 2.45) is 0 Å². The molecular formula is C112H131N7O27S. The monoisotopic (exact) mass is 2040 g/mol. The zero-order valence-electron chi connectivity index (χ0n) is 81.8. The van der Waals surface area contributed by atoms with Gasteiger partial charge in [-0.2, -0.15) is 0 Å². The average Bonchev–Trinajstić information content (AvgIpc) is 1.74. The van der Waals surface area contributed by atoms with Crippen molar-refractivity contribution in [1.29, 1.82) is 0 Å². The first-order valence-electron chi connectivity index (χ1n) is 50.1. The second-order valence-corrected chi connectivity index (χ2v) is 39.9. The van der Waals surface area contributed by atoms with E-state index < -0.39 is 186 Å². The number of aryl methyl sites for hydroxylation is 6. The van der Waals surface area contributed by atoms with Crippen LogP contribution in [-0.2, 0) is 94.6 Å². The van der Waals surface area contributed by atoms with E-state index in [9.17, 15) is 107 Å². The van der Waals surface area contributed by atoms with Crippen LogP contribution in [0.4, 0.5) is 0 Å². The number of aliphatic hydroxyl groups is 20. The Balaban J connectivity index is 0.000000126. The van der Waals surface area contributed by atoms with Crippen LogP contribution in [0.25, 0.3) is 54.8 Å². The molecule has 5 fully saturated rings. The lowest BCUT2D eigenvalue weighted by Crippen LogP contribution is -2.55. The zero-order valence-corrected chi connectivity index (χ0v) is 82.6. The Bertz CT molecular complexity index is 6930. The minimum atomic E-state index is -1.46. The molecular weight excluding hydrogens is 1910 g/mol. The standard InChI is InChI=1S/C24H27NO6.C23H27NO5.C22H26N2O6.C22H26N2O5.C21H25NO5S/c26-12-20-21(27)22(28)23(29)24(31-20)15-4-5-18-17(10-15)16(11-25-18)3-1-13-2-6-19-14(9-13)7-8-30-19;1-2-13-6-8-14(9-7-13)10-15-11-17-16(4-3-5-18(17)24-15)23-22(28)21(27)20(26)19(12-25)29-23;1-2-12-3-5-13(6-4-12)10-24-16-9-14(7-8-15(16)23-22(24)29)21-20(28)19(27)18(26)17(11-25)30-21;1-2-13-3-5-14(6-4-13)10-24-12-23-16-8-7-15(9-17(16)24)22-21(28)20(27)19(26)18(11-25)29-22;1-2-13-4-5-14(28-13)7-12-9-22-16-6-3-11(8-15(12)16)21-20(26)19(25)18(24)17(10-23)27-21/h2,4-6,9-11,20-29H,1,3,7-8,12H2;3-9,11,19-28H,2,10,12H2,1H3;3-9,17-21,25-28H,2,10-11H2,1H3,(H,23,29);3-9,12,18-22,25-28H,2,10-11H2,1H3;3-6,8-9,17-26H,2,7,10H2,1H3/t20-,21-,22+,23-,24+;19-,20-,21+,22-,23+;17-,18-,19+,20-,21+;18-,19-,20+,21-,22+;17-,18-,19+,20-,21+/m11111/s1. The highest BCUT2D eigenvalue weighted by Crippen LogP contribution is 2.43. The number of benzene rings is 9. The fourth-order valence-corrected chi connectivity index (χ4v) is 21.2. The number of thiophene rings is 1. The molecule has 21 rings (SSSR count). The Morgan fingerprint density at radius 2 is 0.789 bits per heavy atom. The summed E-state index contributed by atoms with van der Waals surface area (Å²) in [4.78, 5) is 32.4. The number of H-pyrrole nitrogens is 4. The highest BCUT2D eigenvalue weighted by molar-refractivity contribution is 7.12. The van der Waals surface area contributed by atoms with Crippen molar-refractivity contribution in [2.75, 3.05) is 39.6 Å². The van der Waals surface area contributed by atoms with Gasteiger partial charge in [0, 0.05) is 86.4 Å². The van der Waals surface area contributed by atoms with Gasteiger partial charge in [0.25, 0.3) is 0 Å². The Morgan fingerprint density at radius 1 is 0.361 bits per heavy atom. The van der Waals surface area contributed by atoms with Gasteiger partial charge in [0.15, 0.2) is 0 Å². The molecule has 147 heavy (non-hydrogen) atoms. The molecule has 6 aliphatic rings. The average molecular weight is 2040 g/mol. The minimum absolute atomic E-state index is 0.254. The van der Waals surface area contributed by atoms with Crippen molar-refractivity contribution < 1.29 is 131 Å². The number of ether oxygens (including phenoxy) is 6. The molecule has 0 radical (unpaired) electrons. The lowest BCUT2D eigenvalue weighted by Gasteiger charge is -2.40. The van der Waals surface area contributed by atoms with Crippen molar-refractivity contribution >= 4 is 66.1 Å². The third-order valence-electron chi connectivity index (χ3n) is 29.1. The third kappa shape index (κ3) is 23.4. The maximum atomic E-state index is 12.5.